The summed E-state index contributed by atoms with van der Waals surface area (Å²) in [5, 5.41) is 15.3. The zero-order valence-electron chi connectivity index (χ0n) is 27.9. The molecule has 2 amide bonds. The topological polar surface area (TPSA) is 117 Å². The van der Waals surface area contributed by atoms with E-state index >= 15 is 4.39 Å². The number of aliphatic hydroxyl groups excluding tert-OH is 1. The molecule has 2 aromatic rings. The van der Waals surface area contributed by atoms with Crippen molar-refractivity contribution >= 4 is 34.9 Å². The predicted octanol–water partition coefficient (Wildman–Crippen LogP) is 4.24. The Hall–Kier alpha value is -3.77. The van der Waals surface area contributed by atoms with Crippen molar-refractivity contribution in [2.24, 2.45) is 11.8 Å². The van der Waals surface area contributed by atoms with Crippen LogP contribution in [-0.4, -0.2) is 112 Å². The number of ether oxygens (including phenoxy) is 2. The number of amides is 2. The Morgan fingerprint density at radius 1 is 1.06 bits per heavy atom. The second-order valence-corrected chi connectivity index (χ2v) is 13.4. The lowest BCUT2D eigenvalue weighted by molar-refractivity contribution is -0.151. The van der Waals surface area contributed by atoms with E-state index in [9.17, 15) is 19.5 Å². The van der Waals surface area contributed by atoms with Gasteiger partial charge in [-0.1, -0.05) is 26.0 Å². The number of likely N-dealkylation sites (N-methyl/N-ethyl adjacent to an activating group) is 1. The van der Waals surface area contributed by atoms with Crippen molar-refractivity contribution in [3.63, 3.8) is 0 Å². The summed E-state index contributed by atoms with van der Waals surface area (Å²) in [5.74, 6) is -1.46. The molecular weight excluding hydrogens is 605 g/mol. The maximum atomic E-state index is 15.3. The Morgan fingerprint density at radius 2 is 1.79 bits per heavy atom. The monoisotopic (exact) mass is 653 g/mol. The molecule has 3 aliphatic heterocycles. The van der Waals surface area contributed by atoms with E-state index < -0.39 is 30.1 Å². The van der Waals surface area contributed by atoms with Gasteiger partial charge in [0.05, 0.1) is 29.6 Å². The normalized spacial score (nSPS) is 27.7. The zero-order chi connectivity index (χ0) is 33.7. The molecule has 0 radical (unpaired) electrons. The minimum absolute atomic E-state index is 0.0262. The van der Waals surface area contributed by atoms with Crippen LogP contribution in [0.15, 0.2) is 36.1 Å². The van der Waals surface area contributed by atoms with Gasteiger partial charge in [-0.25, -0.2) is 9.18 Å². The standard InChI is InChI=1S/C35H48FN5O6/c1-23-7-9-27(42)20-33(44)47-34(24(2)8-10-31(23)46-35(45)40-15-13-38(4)14-16-40)25(3)17-26-18-29(36)28-21-37-41(30(28)19-26)22-32(43)39-11-5-6-12-39/h8,10,17-19,21,23-24,27,31,34,42H,5-7,9,11-16,20,22H2,1-4H3/b10-8+,25-17+/t23-,24-,27+,31-,34-/m0/s1. The maximum absolute atomic E-state index is 15.3. The number of halogens is 1. The van der Waals surface area contributed by atoms with Gasteiger partial charge in [0.1, 0.15) is 24.6 Å². The molecule has 1 N–H and O–H groups in total. The molecule has 0 bridgehead atoms. The second kappa shape index (κ2) is 15.4. The minimum atomic E-state index is -0.900. The fourth-order valence-electron chi connectivity index (χ4n) is 6.53. The lowest BCUT2D eigenvalue weighted by atomic mass is 9.91. The molecule has 3 aliphatic rings. The van der Waals surface area contributed by atoms with E-state index in [1.165, 1.54) is 16.9 Å². The van der Waals surface area contributed by atoms with E-state index in [1.807, 2.05) is 40.0 Å². The van der Waals surface area contributed by atoms with Gasteiger partial charge in [0, 0.05) is 45.2 Å². The molecule has 4 heterocycles. The molecule has 12 heteroatoms. The number of rotatable bonds is 5. The number of likely N-dealkylation sites (tertiary alicyclic amines) is 1. The van der Waals surface area contributed by atoms with Crippen molar-refractivity contribution < 1.29 is 33.4 Å². The van der Waals surface area contributed by atoms with Crippen LogP contribution in [0.1, 0.15) is 58.4 Å². The summed E-state index contributed by atoms with van der Waals surface area (Å²) in [5.41, 5.74) is 1.70. The van der Waals surface area contributed by atoms with Gasteiger partial charge in [-0.05, 0) is 74.9 Å². The Balaban J connectivity index is 1.38. The molecule has 5 rings (SSSR count). The first-order valence-corrected chi connectivity index (χ1v) is 16.8. The highest BCUT2D eigenvalue weighted by Crippen LogP contribution is 2.28. The van der Waals surface area contributed by atoms with Crippen LogP contribution in [-0.2, 0) is 25.6 Å². The maximum Gasteiger partial charge on any atom is 0.410 e. The first-order chi connectivity index (χ1) is 22.5. The van der Waals surface area contributed by atoms with Gasteiger partial charge >= 0.3 is 12.1 Å². The highest BCUT2D eigenvalue weighted by molar-refractivity contribution is 5.84. The van der Waals surface area contributed by atoms with Gasteiger partial charge in [0.25, 0.3) is 0 Å². The van der Waals surface area contributed by atoms with Crippen LogP contribution in [0.25, 0.3) is 17.0 Å². The average Bonchev–Trinajstić information content (AvgIpc) is 3.71. The SMILES string of the molecule is C/C(=C\c1cc(F)c2cnn(CC(=O)N3CCCC3)c2c1)[C@H]1OC(=O)C[C@H](O)CC[C@H](C)[C@@H](OC(=O)N2CCN(C)CC2)/C=C/[C@@H]1C. The quantitative estimate of drug-likeness (QED) is 0.377. The molecule has 0 unspecified atom stereocenters. The number of carbonyl (C=O) groups excluding carboxylic acids is 3. The number of nitrogens with zero attached hydrogens (tertiary/aromatic N) is 5. The first kappa shape index (κ1) is 34.6. The van der Waals surface area contributed by atoms with E-state index in [2.05, 4.69) is 10.00 Å². The highest BCUT2D eigenvalue weighted by Gasteiger charge is 2.29. The molecule has 256 valence electrons. The van der Waals surface area contributed by atoms with E-state index in [0.717, 1.165) is 39.0 Å². The van der Waals surface area contributed by atoms with Gasteiger partial charge < -0.3 is 29.3 Å². The summed E-state index contributed by atoms with van der Waals surface area (Å²) in [6.45, 7) is 9.92. The summed E-state index contributed by atoms with van der Waals surface area (Å²) in [7, 11) is 2.02. The molecule has 0 aliphatic carbocycles. The molecule has 2 saturated heterocycles. The summed E-state index contributed by atoms with van der Waals surface area (Å²) < 4.78 is 28.7. The van der Waals surface area contributed by atoms with Crippen molar-refractivity contribution in [1.82, 2.24) is 24.5 Å². The Labute approximate surface area is 275 Å². The van der Waals surface area contributed by atoms with Gasteiger partial charge in [0.2, 0.25) is 5.91 Å². The average molecular weight is 654 g/mol. The minimum Gasteiger partial charge on any atom is -0.457 e. The van der Waals surface area contributed by atoms with Crippen molar-refractivity contribution in [1.29, 1.82) is 0 Å². The molecular formula is C35H48FN5O6. The van der Waals surface area contributed by atoms with Gasteiger partial charge in [0.15, 0.2) is 0 Å². The molecule has 0 spiro atoms. The number of benzene rings is 1. The van der Waals surface area contributed by atoms with Crippen molar-refractivity contribution in [2.75, 3.05) is 46.3 Å². The molecule has 11 nitrogen and oxygen atoms in total. The lowest BCUT2D eigenvalue weighted by Crippen LogP contribution is -2.48. The largest absolute Gasteiger partial charge is 0.457 e. The zero-order valence-corrected chi connectivity index (χ0v) is 27.9. The number of hydrogen-bond acceptors (Lipinski definition) is 8. The fraction of sp³-hybridized carbons (Fsp3) is 0.600. The van der Waals surface area contributed by atoms with Crippen molar-refractivity contribution in [3.8, 4) is 0 Å². The summed E-state index contributed by atoms with van der Waals surface area (Å²) in [6, 6.07) is 3.18. The van der Waals surface area contributed by atoms with E-state index in [4.69, 9.17) is 9.47 Å². The highest BCUT2D eigenvalue weighted by atomic mass is 19.1. The molecule has 47 heavy (non-hydrogen) atoms. The van der Waals surface area contributed by atoms with Crippen LogP contribution in [0.3, 0.4) is 0 Å². The Bertz CT molecular complexity index is 1490. The van der Waals surface area contributed by atoms with Crippen LogP contribution in [0.4, 0.5) is 9.18 Å². The molecule has 1 aromatic heterocycles. The van der Waals surface area contributed by atoms with Crippen molar-refractivity contribution in [2.45, 2.75) is 77.7 Å². The van der Waals surface area contributed by atoms with Crippen LogP contribution < -0.4 is 0 Å². The number of fused-ring (bicyclic) bond motifs is 1. The lowest BCUT2D eigenvalue weighted by Gasteiger charge is -2.33. The number of piperazine rings is 1. The number of aliphatic hydroxyl groups is 1. The molecule has 0 saturated carbocycles. The van der Waals surface area contributed by atoms with E-state index in [-0.39, 0.29) is 36.8 Å². The van der Waals surface area contributed by atoms with Gasteiger partial charge in [-0.3, -0.25) is 14.3 Å². The Morgan fingerprint density at radius 3 is 2.51 bits per heavy atom. The van der Waals surface area contributed by atoms with Crippen LogP contribution in [0.2, 0.25) is 0 Å². The molecule has 5 atom stereocenters. The van der Waals surface area contributed by atoms with Crippen LogP contribution >= 0.6 is 0 Å². The molecule has 1 aromatic carbocycles. The number of hydrogen-bond donors (Lipinski definition) is 1. The van der Waals surface area contributed by atoms with Crippen LogP contribution in [0.5, 0.6) is 0 Å². The van der Waals surface area contributed by atoms with Crippen molar-refractivity contribution in [3.05, 3.63) is 47.4 Å². The predicted molar refractivity (Wildman–Crippen MR) is 176 cm³/mol. The third-order valence-corrected chi connectivity index (χ3v) is 9.58. The van der Waals surface area contributed by atoms with Gasteiger partial charge in [-0.15, -0.1) is 0 Å². The summed E-state index contributed by atoms with van der Waals surface area (Å²) in [6.07, 6.45) is 7.14. The smallest absolute Gasteiger partial charge is 0.410 e. The number of aromatic nitrogens is 2. The summed E-state index contributed by atoms with van der Waals surface area (Å²) >= 11 is 0. The molecule has 2 fully saturated rings. The fourth-order valence-corrected chi connectivity index (χ4v) is 6.53. The number of esters is 1. The third-order valence-electron chi connectivity index (χ3n) is 9.58. The first-order valence-electron chi connectivity index (χ1n) is 16.8. The third kappa shape index (κ3) is 8.78. The van der Waals surface area contributed by atoms with E-state index in [1.54, 1.807) is 21.9 Å². The van der Waals surface area contributed by atoms with E-state index in [0.29, 0.717) is 48.0 Å². The number of carbonyl (C=O) groups is 3. The Kier molecular flexibility index (Phi) is 11.3. The summed E-state index contributed by atoms with van der Waals surface area (Å²) in [4.78, 5) is 44.5. The number of cyclic esters (lactones) is 1. The second-order valence-electron chi connectivity index (χ2n) is 13.4. The van der Waals surface area contributed by atoms with Gasteiger partial charge in [-0.2, -0.15) is 5.10 Å². The van der Waals surface area contributed by atoms with Crippen LogP contribution in [0, 0.1) is 17.7 Å².